The van der Waals surface area contributed by atoms with Gasteiger partial charge in [-0.05, 0) is 12.2 Å². The first kappa shape index (κ1) is 16.0. The number of carbonyl (C=O) groups excluding carboxylic acids is 1. The molecule has 0 saturated heterocycles. The molecule has 0 aromatic rings. The van der Waals surface area contributed by atoms with Crippen LogP contribution in [0.25, 0.3) is 0 Å². The van der Waals surface area contributed by atoms with Crippen LogP contribution in [-0.2, 0) is 9.53 Å². The summed E-state index contributed by atoms with van der Waals surface area (Å²) in [5, 5.41) is 0.385. The predicted molar refractivity (Wildman–Crippen MR) is 72.0 cm³/mol. The van der Waals surface area contributed by atoms with Crippen molar-refractivity contribution in [2.45, 2.75) is 52.4 Å². The normalized spacial score (nSPS) is 16.2. The summed E-state index contributed by atoms with van der Waals surface area (Å²) in [5.74, 6) is 0.798. The van der Waals surface area contributed by atoms with Gasteiger partial charge in [-0.15, -0.1) is 0 Å². The fourth-order valence-electron chi connectivity index (χ4n) is 1.68. The van der Waals surface area contributed by atoms with E-state index in [1.165, 1.54) is 0 Å². The van der Waals surface area contributed by atoms with Gasteiger partial charge in [0.05, 0.1) is 6.10 Å². The van der Waals surface area contributed by atoms with Crippen molar-refractivity contribution in [1.82, 2.24) is 0 Å². The molecular weight excluding hydrogens is 220 g/mol. The SMILES string of the molecule is CO[C@@H](CC(=O)C(C)(C)C)[C@H](SC)C(C)C. The summed E-state index contributed by atoms with van der Waals surface area (Å²) in [4.78, 5) is 12.0. The molecule has 96 valence electrons. The number of thioether (sulfide) groups is 1. The minimum Gasteiger partial charge on any atom is -0.380 e. The summed E-state index contributed by atoms with van der Waals surface area (Å²) < 4.78 is 5.49. The van der Waals surface area contributed by atoms with Crippen LogP contribution in [0.3, 0.4) is 0 Å². The van der Waals surface area contributed by atoms with Gasteiger partial charge in [0.15, 0.2) is 0 Å². The van der Waals surface area contributed by atoms with E-state index in [0.29, 0.717) is 17.6 Å². The van der Waals surface area contributed by atoms with Gasteiger partial charge in [0, 0.05) is 24.2 Å². The third-order valence-corrected chi connectivity index (χ3v) is 4.21. The lowest BCUT2D eigenvalue weighted by Gasteiger charge is -2.29. The van der Waals surface area contributed by atoms with Crippen LogP contribution in [0, 0.1) is 11.3 Å². The first-order valence-electron chi connectivity index (χ1n) is 5.83. The number of Topliss-reactive ketones (excluding diaryl/α,β-unsaturated/α-hetero) is 1. The number of ketones is 1. The molecule has 2 atom stereocenters. The minimum absolute atomic E-state index is 0.0294. The molecule has 16 heavy (non-hydrogen) atoms. The van der Waals surface area contributed by atoms with E-state index in [0.717, 1.165) is 0 Å². The lowest BCUT2D eigenvalue weighted by atomic mass is 9.86. The van der Waals surface area contributed by atoms with Crippen LogP contribution in [0.4, 0.5) is 0 Å². The van der Waals surface area contributed by atoms with Crippen LogP contribution in [0.5, 0.6) is 0 Å². The summed E-state index contributed by atoms with van der Waals surface area (Å²) >= 11 is 1.79. The Morgan fingerprint density at radius 2 is 1.81 bits per heavy atom. The van der Waals surface area contributed by atoms with E-state index >= 15 is 0 Å². The van der Waals surface area contributed by atoms with Crippen LogP contribution in [0.2, 0.25) is 0 Å². The summed E-state index contributed by atoms with van der Waals surface area (Å²) in [6.45, 7) is 10.2. The molecule has 0 aliphatic rings. The Bertz CT molecular complexity index is 218. The molecule has 0 spiro atoms. The van der Waals surface area contributed by atoms with Crippen molar-refractivity contribution in [3.05, 3.63) is 0 Å². The van der Waals surface area contributed by atoms with Crippen LogP contribution >= 0.6 is 11.8 Å². The van der Waals surface area contributed by atoms with Gasteiger partial charge in [-0.2, -0.15) is 11.8 Å². The summed E-state index contributed by atoms with van der Waals surface area (Å²) in [5.41, 5.74) is -0.267. The zero-order valence-electron chi connectivity index (χ0n) is 11.7. The summed E-state index contributed by atoms with van der Waals surface area (Å²) in [6.07, 6.45) is 2.63. The maximum absolute atomic E-state index is 12.0. The van der Waals surface area contributed by atoms with Crippen LogP contribution in [0.1, 0.15) is 41.0 Å². The molecule has 3 heteroatoms. The lowest BCUT2D eigenvalue weighted by molar-refractivity contribution is -0.128. The summed E-state index contributed by atoms with van der Waals surface area (Å²) in [7, 11) is 1.70. The molecule has 0 aromatic heterocycles. The Hall–Kier alpha value is -0.0200. The van der Waals surface area contributed by atoms with Crippen molar-refractivity contribution < 1.29 is 9.53 Å². The van der Waals surface area contributed by atoms with Gasteiger partial charge >= 0.3 is 0 Å². The van der Waals surface area contributed by atoms with Gasteiger partial charge in [0.2, 0.25) is 0 Å². The van der Waals surface area contributed by atoms with Crippen molar-refractivity contribution in [3.8, 4) is 0 Å². The standard InChI is InChI=1S/C13H26O2S/c1-9(2)12(16-7)10(15-6)8-11(14)13(3,4)5/h9-10,12H,8H2,1-7H3/t10-,12+/m0/s1. The fraction of sp³-hybridized carbons (Fsp3) is 0.923. The van der Waals surface area contributed by atoms with E-state index in [9.17, 15) is 4.79 Å². The first-order chi connectivity index (χ1) is 7.23. The third kappa shape index (κ3) is 4.88. The van der Waals surface area contributed by atoms with Gasteiger partial charge in [0.1, 0.15) is 5.78 Å². The van der Waals surface area contributed by atoms with Crippen molar-refractivity contribution in [2.24, 2.45) is 11.3 Å². The van der Waals surface area contributed by atoms with E-state index in [1.807, 2.05) is 20.8 Å². The van der Waals surface area contributed by atoms with Gasteiger partial charge in [-0.25, -0.2) is 0 Å². The Morgan fingerprint density at radius 1 is 1.31 bits per heavy atom. The van der Waals surface area contributed by atoms with E-state index in [1.54, 1.807) is 18.9 Å². The highest BCUT2D eigenvalue weighted by atomic mass is 32.2. The average Bonchev–Trinajstić information content (AvgIpc) is 2.14. The molecule has 0 aromatic carbocycles. The third-order valence-electron chi connectivity index (χ3n) is 2.82. The first-order valence-corrected chi connectivity index (χ1v) is 7.11. The molecule has 0 aliphatic heterocycles. The molecule has 0 fully saturated rings. The molecule has 0 heterocycles. The van der Waals surface area contributed by atoms with E-state index in [-0.39, 0.29) is 17.3 Å². The minimum atomic E-state index is -0.267. The topological polar surface area (TPSA) is 26.3 Å². The molecule has 0 amide bonds. The van der Waals surface area contributed by atoms with Crippen molar-refractivity contribution >= 4 is 17.5 Å². The molecule has 0 N–H and O–H groups in total. The molecule has 0 rings (SSSR count). The van der Waals surface area contributed by atoms with Crippen molar-refractivity contribution in [1.29, 1.82) is 0 Å². The lowest BCUT2D eigenvalue weighted by Crippen LogP contribution is -2.35. The zero-order chi connectivity index (χ0) is 12.9. The number of rotatable bonds is 6. The molecule has 0 radical (unpaired) electrons. The highest BCUT2D eigenvalue weighted by molar-refractivity contribution is 7.99. The average molecular weight is 246 g/mol. The number of methoxy groups -OCH3 is 1. The molecule has 0 aliphatic carbocycles. The highest BCUT2D eigenvalue weighted by Crippen LogP contribution is 2.27. The van der Waals surface area contributed by atoms with Gasteiger partial charge in [0.25, 0.3) is 0 Å². The maximum atomic E-state index is 12.0. The highest BCUT2D eigenvalue weighted by Gasteiger charge is 2.30. The van der Waals surface area contributed by atoms with Gasteiger partial charge in [-0.1, -0.05) is 34.6 Å². The fourth-order valence-corrected chi connectivity index (χ4v) is 2.73. The quantitative estimate of drug-likeness (QED) is 0.718. The van der Waals surface area contributed by atoms with E-state index in [4.69, 9.17) is 4.74 Å². The smallest absolute Gasteiger partial charge is 0.140 e. The van der Waals surface area contributed by atoms with E-state index in [2.05, 4.69) is 20.1 Å². The van der Waals surface area contributed by atoms with Crippen LogP contribution < -0.4 is 0 Å². The largest absolute Gasteiger partial charge is 0.380 e. The molecule has 0 unspecified atom stereocenters. The van der Waals surface area contributed by atoms with Crippen molar-refractivity contribution in [2.75, 3.05) is 13.4 Å². The second-order valence-electron chi connectivity index (χ2n) is 5.60. The van der Waals surface area contributed by atoms with Gasteiger partial charge < -0.3 is 4.74 Å². The summed E-state index contributed by atoms with van der Waals surface area (Å²) in [6, 6.07) is 0. The number of hydrogen-bond acceptors (Lipinski definition) is 3. The second kappa shape index (κ2) is 6.65. The van der Waals surface area contributed by atoms with Crippen LogP contribution in [-0.4, -0.2) is 30.5 Å². The number of carbonyl (C=O) groups is 1. The zero-order valence-corrected chi connectivity index (χ0v) is 12.5. The monoisotopic (exact) mass is 246 g/mol. The van der Waals surface area contributed by atoms with Crippen LogP contribution in [0.15, 0.2) is 0 Å². The predicted octanol–water partition coefficient (Wildman–Crippen LogP) is 3.39. The Kier molecular flexibility index (Phi) is 6.64. The van der Waals surface area contributed by atoms with Crippen molar-refractivity contribution in [3.63, 3.8) is 0 Å². The number of hydrogen-bond donors (Lipinski definition) is 0. The Labute approximate surface area is 105 Å². The second-order valence-corrected chi connectivity index (χ2v) is 6.61. The van der Waals surface area contributed by atoms with E-state index < -0.39 is 0 Å². The molecule has 0 saturated carbocycles. The molecular formula is C13H26O2S. The Balaban J connectivity index is 4.57. The maximum Gasteiger partial charge on any atom is 0.140 e. The molecule has 0 bridgehead atoms. The Morgan fingerprint density at radius 3 is 2.06 bits per heavy atom. The molecule has 2 nitrogen and oxygen atoms in total. The number of ether oxygens (including phenoxy) is 1. The van der Waals surface area contributed by atoms with Gasteiger partial charge in [-0.3, -0.25) is 4.79 Å².